The molecule has 2 N–H and O–H groups in total. The Kier molecular flexibility index (Phi) is 4.74. The van der Waals surface area contributed by atoms with Crippen LogP contribution in [0.1, 0.15) is 11.1 Å². The van der Waals surface area contributed by atoms with Crippen LogP contribution in [0.5, 0.6) is 5.75 Å². The maximum absolute atomic E-state index is 11.5. The minimum Gasteiger partial charge on any atom is -0.486 e. The van der Waals surface area contributed by atoms with Crippen molar-refractivity contribution in [3.8, 4) is 5.75 Å². The van der Waals surface area contributed by atoms with Gasteiger partial charge in [-0.05, 0) is 29.3 Å². The van der Waals surface area contributed by atoms with Crippen LogP contribution in [0.15, 0.2) is 48.2 Å². The Hall–Kier alpha value is -2.50. The predicted molar refractivity (Wildman–Crippen MR) is 91.9 cm³/mol. The molecule has 0 bridgehead atoms. The van der Waals surface area contributed by atoms with Gasteiger partial charge in [0.1, 0.15) is 12.3 Å². The van der Waals surface area contributed by atoms with E-state index >= 15 is 0 Å². The summed E-state index contributed by atoms with van der Waals surface area (Å²) in [6.45, 7) is 0.333. The Morgan fingerprint density at radius 2 is 1.67 bits per heavy atom. The fourth-order valence-electron chi connectivity index (χ4n) is 2.18. The van der Waals surface area contributed by atoms with Gasteiger partial charge in [0, 0.05) is 0 Å². The van der Waals surface area contributed by atoms with E-state index < -0.39 is 11.9 Å². The van der Waals surface area contributed by atoms with Gasteiger partial charge in [-0.1, -0.05) is 53.5 Å². The number of hydrogen-bond acceptors (Lipinski definition) is 3. The SMILES string of the molecule is O=C1NC(=O)/C(=C\c2cc(Cl)c(OCc3ccccc3)c(Cl)c2)N1. The molecular formula is C17H12Cl2N2O3. The molecule has 0 atom stereocenters. The summed E-state index contributed by atoms with van der Waals surface area (Å²) in [6, 6.07) is 12.3. The van der Waals surface area contributed by atoms with Crippen LogP contribution < -0.4 is 15.4 Å². The fraction of sp³-hybridized carbons (Fsp3) is 0.0588. The molecule has 1 heterocycles. The van der Waals surface area contributed by atoms with Crippen molar-refractivity contribution < 1.29 is 14.3 Å². The zero-order chi connectivity index (χ0) is 17.1. The first-order valence-electron chi connectivity index (χ1n) is 7.03. The highest BCUT2D eigenvalue weighted by atomic mass is 35.5. The number of carbonyl (C=O) groups is 2. The molecule has 3 amide bonds. The molecule has 2 aromatic rings. The molecule has 7 heteroatoms. The van der Waals surface area contributed by atoms with Gasteiger partial charge in [0.25, 0.3) is 5.91 Å². The molecule has 2 aromatic carbocycles. The lowest BCUT2D eigenvalue weighted by molar-refractivity contribution is -0.115. The van der Waals surface area contributed by atoms with Crippen LogP contribution in [0.3, 0.4) is 0 Å². The maximum atomic E-state index is 11.5. The molecule has 0 aliphatic carbocycles. The van der Waals surface area contributed by atoms with E-state index in [1.54, 1.807) is 12.1 Å². The lowest BCUT2D eigenvalue weighted by atomic mass is 10.1. The van der Waals surface area contributed by atoms with E-state index in [1.807, 2.05) is 30.3 Å². The van der Waals surface area contributed by atoms with Crippen molar-refractivity contribution in [2.45, 2.75) is 6.61 Å². The number of ether oxygens (including phenoxy) is 1. The fourth-order valence-corrected chi connectivity index (χ4v) is 2.79. The summed E-state index contributed by atoms with van der Waals surface area (Å²) in [5.41, 5.74) is 1.69. The highest BCUT2D eigenvalue weighted by Crippen LogP contribution is 2.35. The Balaban J connectivity index is 1.80. The van der Waals surface area contributed by atoms with Crippen molar-refractivity contribution in [3.05, 3.63) is 69.3 Å². The van der Waals surface area contributed by atoms with E-state index in [-0.39, 0.29) is 5.70 Å². The second-order valence-corrected chi connectivity index (χ2v) is 5.87. The van der Waals surface area contributed by atoms with Gasteiger partial charge < -0.3 is 10.1 Å². The van der Waals surface area contributed by atoms with Gasteiger partial charge in [-0.2, -0.15) is 0 Å². The monoisotopic (exact) mass is 362 g/mol. The number of urea groups is 1. The lowest BCUT2D eigenvalue weighted by Gasteiger charge is -2.11. The van der Waals surface area contributed by atoms with Crippen molar-refractivity contribution in [1.82, 2.24) is 10.6 Å². The summed E-state index contributed by atoms with van der Waals surface area (Å²) in [5.74, 6) is -0.138. The first-order valence-corrected chi connectivity index (χ1v) is 7.78. The van der Waals surface area contributed by atoms with Crippen molar-refractivity contribution in [3.63, 3.8) is 0 Å². The molecule has 0 aromatic heterocycles. The van der Waals surface area contributed by atoms with E-state index in [0.29, 0.717) is 28.0 Å². The number of benzene rings is 2. The highest BCUT2D eigenvalue weighted by molar-refractivity contribution is 6.37. The molecule has 24 heavy (non-hydrogen) atoms. The standard InChI is InChI=1S/C17H12Cl2N2O3/c18-12-6-11(8-14-16(22)21-17(23)20-14)7-13(19)15(12)24-9-10-4-2-1-3-5-10/h1-8H,9H2,(H2,20,21,22,23)/b14-8+. The third-order valence-corrected chi connectivity index (χ3v) is 3.84. The van der Waals surface area contributed by atoms with Gasteiger partial charge in [0.05, 0.1) is 10.0 Å². The normalized spacial score (nSPS) is 15.3. The van der Waals surface area contributed by atoms with Crippen LogP contribution in [-0.4, -0.2) is 11.9 Å². The Labute approximate surface area is 148 Å². The average Bonchev–Trinajstić information content (AvgIpc) is 2.85. The number of nitrogens with one attached hydrogen (secondary N) is 2. The summed E-state index contributed by atoms with van der Waals surface area (Å²) >= 11 is 12.4. The molecule has 0 unspecified atom stereocenters. The third kappa shape index (κ3) is 3.69. The number of hydrogen-bond donors (Lipinski definition) is 2. The molecule has 1 aliphatic heterocycles. The minimum atomic E-state index is -0.564. The zero-order valence-electron chi connectivity index (χ0n) is 12.3. The number of halogens is 2. The summed E-state index contributed by atoms with van der Waals surface area (Å²) in [5, 5.41) is 5.14. The number of carbonyl (C=O) groups excluding carboxylic acids is 2. The summed E-state index contributed by atoms with van der Waals surface area (Å²) < 4.78 is 5.68. The number of amides is 3. The lowest BCUT2D eigenvalue weighted by Crippen LogP contribution is -2.22. The van der Waals surface area contributed by atoms with Gasteiger partial charge in [0.15, 0.2) is 5.75 Å². The molecule has 0 saturated carbocycles. The topological polar surface area (TPSA) is 67.4 Å². The van der Waals surface area contributed by atoms with Crippen LogP contribution in [0, 0.1) is 0 Å². The van der Waals surface area contributed by atoms with Crippen LogP contribution >= 0.6 is 23.2 Å². The van der Waals surface area contributed by atoms with Crippen LogP contribution in [0.25, 0.3) is 6.08 Å². The zero-order valence-corrected chi connectivity index (χ0v) is 13.8. The molecule has 122 valence electrons. The Bertz CT molecular complexity index is 812. The van der Waals surface area contributed by atoms with Crippen molar-refractivity contribution in [2.24, 2.45) is 0 Å². The highest BCUT2D eigenvalue weighted by Gasteiger charge is 2.23. The predicted octanol–water partition coefficient (Wildman–Crippen LogP) is 3.75. The maximum Gasteiger partial charge on any atom is 0.326 e. The third-order valence-electron chi connectivity index (χ3n) is 3.28. The molecule has 1 fully saturated rings. The second kappa shape index (κ2) is 6.95. The summed E-state index contributed by atoms with van der Waals surface area (Å²) in [6.07, 6.45) is 1.49. The Morgan fingerprint density at radius 3 is 2.25 bits per heavy atom. The van der Waals surface area contributed by atoms with Crippen molar-refractivity contribution in [1.29, 1.82) is 0 Å². The van der Waals surface area contributed by atoms with Gasteiger partial charge in [-0.25, -0.2) is 4.79 Å². The number of rotatable bonds is 4. The van der Waals surface area contributed by atoms with E-state index in [9.17, 15) is 9.59 Å². The largest absolute Gasteiger partial charge is 0.486 e. The molecule has 3 rings (SSSR count). The molecule has 1 saturated heterocycles. The molecule has 0 spiro atoms. The van der Waals surface area contributed by atoms with Gasteiger partial charge in [-0.15, -0.1) is 0 Å². The van der Waals surface area contributed by atoms with E-state index in [2.05, 4.69) is 10.6 Å². The van der Waals surface area contributed by atoms with Crippen LogP contribution in [0.4, 0.5) is 4.79 Å². The smallest absolute Gasteiger partial charge is 0.326 e. The first-order chi connectivity index (χ1) is 11.5. The summed E-state index contributed by atoms with van der Waals surface area (Å²) in [4.78, 5) is 22.6. The molecule has 1 aliphatic rings. The average molecular weight is 363 g/mol. The summed E-state index contributed by atoms with van der Waals surface area (Å²) in [7, 11) is 0. The number of imide groups is 1. The van der Waals surface area contributed by atoms with Gasteiger partial charge in [-0.3, -0.25) is 10.1 Å². The van der Waals surface area contributed by atoms with Gasteiger partial charge >= 0.3 is 6.03 Å². The molecule has 5 nitrogen and oxygen atoms in total. The first kappa shape index (κ1) is 16.4. The Morgan fingerprint density at radius 1 is 1.00 bits per heavy atom. The van der Waals surface area contributed by atoms with Crippen LogP contribution in [-0.2, 0) is 11.4 Å². The van der Waals surface area contributed by atoms with Crippen molar-refractivity contribution >= 4 is 41.2 Å². The van der Waals surface area contributed by atoms with Crippen LogP contribution in [0.2, 0.25) is 10.0 Å². The van der Waals surface area contributed by atoms with E-state index in [1.165, 1.54) is 6.08 Å². The van der Waals surface area contributed by atoms with E-state index in [0.717, 1.165) is 5.56 Å². The van der Waals surface area contributed by atoms with E-state index in [4.69, 9.17) is 27.9 Å². The second-order valence-electron chi connectivity index (χ2n) is 5.05. The molecule has 0 radical (unpaired) electrons. The van der Waals surface area contributed by atoms with Crippen molar-refractivity contribution in [2.75, 3.05) is 0 Å². The molecular weight excluding hydrogens is 351 g/mol. The minimum absolute atomic E-state index is 0.130. The van der Waals surface area contributed by atoms with Gasteiger partial charge in [0.2, 0.25) is 0 Å². The quantitative estimate of drug-likeness (QED) is 0.642.